The van der Waals surface area contributed by atoms with Gasteiger partial charge in [-0.15, -0.1) is 0 Å². The first kappa shape index (κ1) is 13.2. The van der Waals surface area contributed by atoms with Gasteiger partial charge in [-0.3, -0.25) is 0 Å². The molecule has 0 aromatic heterocycles. The Hall–Kier alpha value is -0.770. The summed E-state index contributed by atoms with van der Waals surface area (Å²) in [5.41, 5.74) is 2.41. The van der Waals surface area contributed by atoms with E-state index in [-0.39, 0.29) is 0 Å². The molecule has 2 aliphatic heterocycles. The average Bonchev–Trinajstić information content (AvgIpc) is 3.05. The number of hydrogen-bond donors (Lipinski definition) is 1. The monoisotopic (exact) mass is 281 g/mol. The molecule has 1 saturated heterocycles. The molecule has 0 aliphatic carbocycles. The largest absolute Gasteiger partial charge is 0.493 e. The van der Waals surface area contributed by atoms with Crippen LogP contribution in [-0.4, -0.2) is 25.9 Å². The summed E-state index contributed by atoms with van der Waals surface area (Å²) < 4.78 is 11.2. The van der Waals surface area contributed by atoms with Gasteiger partial charge < -0.3 is 14.8 Å². The van der Waals surface area contributed by atoms with Crippen LogP contribution in [0.3, 0.4) is 0 Å². The van der Waals surface area contributed by atoms with Crippen molar-refractivity contribution in [1.29, 1.82) is 0 Å². The fourth-order valence-corrected chi connectivity index (χ4v) is 3.13. The molecule has 4 heteroatoms. The van der Waals surface area contributed by atoms with Gasteiger partial charge in [0.2, 0.25) is 0 Å². The molecule has 2 unspecified atom stereocenters. The molecule has 3 rings (SSSR count). The predicted molar refractivity (Wildman–Crippen MR) is 75.9 cm³/mol. The Kier molecular flexibility index (Phi) is 3.96. The maximum Gasteiger partial charge on any atom is 0.127 e. The van der Waals surface area contributed by atoms with Gasteiger partial charge in [0.25, 0.3) is 0 Å². The number of benzene rings is 1. The number of hydrogen-bond acceptors (Lipinski definition) is 3. The fraction of sp³-hybridized carbons (Fsp3) is 0.600. The molecule has 2 atom stereocenters. The van der Waals surface area contributed by atoms with Gasteiger partial charge in [0.05, 0.1) is 13.2 Å². The summed E-state index contributed by atoms with van der Waals surface area (Å²) in [7, 11) is 0. The summed E-state index contributed by atoms with van der Waals surface area (Å²) in [5.74, 6) is 1.65. The van der Waals surface area contributed by atoms with E-state index < -0.39 is 0 Å². The molecule has 0 amide bonds. The maximum atomic E-state index is 6.17. The molecule has 1 aromatic rings. The highest BCUT2D eigenvalue weighted by molar-refractivity contribution is 6.30. The van der Waals surface area contributed by atoms with E-state index in [0.29, 0.717) is 12.0 Å². The van der Waals surface area contributed by atoms with Crippen molar-refractivity contribution in [3.05, 3.63) is 28.3 Å². The second-order valence-corrected chi connectivity index (χ2v) is 5.88. The zero-order chi connectivity index (χ0) is 13.2. The Balaban J connectivity index is 1.66. The molecule has 0 spiro atoms. The Morgan fingerprint density at radius 1 is 1.42 bits per heavy atom. The second kappa shape index (κ2) is 5.70. The molecule has 2 heterocycles. The minimum absolute atomic E-state index is 0.457. The van der Waals surface area contributed by atoms with E-state index in [1.54, 1.807) is 0 Å². The number of rotatable bonds is 4. The van der Waals surface area contributed by atoms with Crippen molar-refractivity contribution in [1.82, 2.24) is 5.32 Å². The Labute approximate surface area is 119 Å². The van der Waals surface area contributed by atoms with Crippen LogP contribution in [0.4, 0.5) is 0 Å². The minimum atomic E-state index is 0.457. The number of halogens is 1. The SMILES string of the molecule is CC(NCc1cc(Cl)cc2c1OCC2)C1CCOC1. The topological polar surface area (TPSA) is 30.5 Å². The Bertz CT molecular complexity index is 458. The van der Waals surface area contributed by atoms with Crippen LogP contribution >= 0.6 is 11.6 Å². The molecule has 0 bridgehead atoms. The second-order valence-electron chi connectivity index (χ2n) is 5.44. The highest BCUT2D eigenvalue weighted by atomic mass is 35.5. The van der Waals surface area contributed by atoms with Gasteiger partial charge in [0.1, 0.15) is 5.75 Å². The summed E-state index contributed by atoms with van der Waals surface area (Å²) in [4.78, 5) is 0. The van der Waals surface area contributed by atoms with Crippen LogP contribution in [0.25, 0.3) is 0 Å². The molecule has 1 aromatic carbocycles. The normalized spacial score (nSPS) is 23.2. The average molecular weight is 282 g/mol. The zero-order valence-electron chi connectivity index (χ0n) is 11.2. The smallest absolute Gasteiger partial charge is 0.127 e. The van der Waals surface area contributed by atoms with Crippen LogP contribution in [0.5, 0.6) is 5.75 Å². The minimum Gasteiger partial charge on any atom is -0.493 e. The van der Waals surface area contributed by atoms with Gasteiger partial charge in [-0.2, -0.15) is 0 Å². The lowest BCUT2D eigenvalue weighted by molar-refractivity contribution is 0.178. The third-order valence-corrected chi connectivity index (χ3v) is 4.33. The zero-order valence-corrected chi connectivity index (χ0v) is 12.0. The van der Waals surface area contributed by atoms with Crippen molar-refractivity contribution in [3.8, 4) is 5.75 Å². The number of ether oxygens (including phenoxy) is 2. The third-order valence-electron chi connectivity index (χ3n) is 4.11. The van der Waals surface area contributed by atoms with Crippen molar-refractivity contribution >= 4 is 11.6 Å². The molecule has 3 nitrogen and oxygen atoms in total. The molecule has 1 fully saturated rings. The first-order valence-electron chi connectivity index (χ1n) is 6.99. The van der Waals surface area contributed by atoms with Gasteiger partial charge in [-0.05, 0) is 37.0 Å². The number of nitrogens with one attached hydrogen (secondary N) is 1. The molecule has 0 radical (unpaired) electrons. The van der Waals surface area contributed by atoms with E-state index >= 15 is 0 Å². The lowest BCUT2D eigenvalue weighted by Gasteiger charge is -2.20. The standard InChI is InChI=1S/C15H20ClNO2/c1-10(12-2-4-18-9-12)17-8-13-7-14(16)6-11-3-5-19-15(11)13/h6-7,10,12,17H,2-5,8-9H2,1H3. The van der Waals surface area contributed by atoms with Crippen molar-refractivity contribution < 1.29 is 9.47 Å². The Morgan fingerprint density at radius 2 is 2.32 bits per heavy atom. The lowest BCUT2D eigenvalue weighted by atomic mass is 10.00. The highest BCUT2D eigenvalue weighted by Crippen LogP contribution is 2.33. The summed E-state index contributed by atoms with van der Waals surface area (Å²) in [6, 6.07) is 4.48. The third kappa shape index (κ3) is 2.88. The molecule has 1 N–H and O–H groups in total. The molecule has 19 heavy (non-hydrogen) atoms. The van der Waals surface area contributed by atoms with Gasteiger partial charge in [-0.1, -0.05) is 11.6 Å². The molecule has 104 valence electrons. The van der Waals surface area contributed by atoms with Crippen LogP contribution < -0.4 is 10.1 Å². The maximum absolute atomic E-state index is 6.17. The van der Waals surface area contributed by atoms with E-state index in [4.69, 9.17) is 21.1 Å². The van der Waals surface area contributed by atoms with Crippen molar-refractivity contribution in [2.24, 2.45) is 5.92 Å². The van der Waals surface area contributed by atoms with Crippen molar-refractivity contribution in [2.45, 2.75) is 32.4 Å². The van der Waals surface area contributed by atoms with Crippen molar-refractivity contribution in [2.75, 3.05) is 19.8 Å². The van der Waals surface area contributed by atoms with Gasteiger partial charge in [0.15, 0.2) is 0 Å². The van der Waals surface area contributed by atoms with Gasteiger partial charge in [-0.25, -0.2) is 0 Å². The van der Waals surface area contributed by atoms with Gasteiger partial charge in [0, 0.05) is 36.2 Å². The summed E-state index contributed by atoms with van der Waals surface area (Å²) >= 11 is 6.17. The first-order valence-corrected chi connectivity index (χ1v) is 7.37. The Morgan fingerprint density at radius 3 is 3.11 bits per heavy atom. The fourth-order valence-electron chi connectivity index (χ4n) is 2.86. The van der Waals surface area contributed by atoms with E-state index in [1.165, 1.54) is 11.1 Å². The first-order chi connectivity index (χ1) is 9.24. The van der Waals surface area contributed by atoms with Crippen LogP contribution in [0.1, 0.15) is 24.5 Å². The van der Waals surface area contributed by atoms with E-state index in [1.807, 2.05) is 12.1 Å². The highest BCUT2D eigenvalue weighted by Gasteiger charge is 2.23. The quantitative estimate of drug-likeness (QED) is 0.921. The predicted octanol–water partition coefficient (Wildman–Crippen LogP) is 2.79. The van der Waals surface area contributed by atoms with Crippen molar-refractivity contribution in [3.63, 3.8) is 0 Å². The van der Waals surface area contributed by atoms with Crippen LogP contribution in [0.15, 0.2) is 12.1 Å². The lowest BCUT2D eigenvalue weighted by Crippen LogP contribution is -2.33. The van der Waals surface area contributed by atoms with E-state index in [0.717, 1.165) is 50.0 Å². The van der Waals surface area contributed by atoms with Crippen LogP contribution in [0.2, 0.25) is 5.02 Å². The van der Waals surface area contributed by atoms with Crippen LogP contribution in [-0.2, 0) is 17.7 Å². The summed E-state index contributed by atoms with van der Waals surface area (Å²) in [5, 5.41) is 4.38. The van der Waals surface area contributed by atoms with Crippen LogP contribution in [0, 0.1) is 5.92 Å². The molecule has 2 aliphatic rings. The molecular weight excluding hydrogens is 262 g/mol. The molecular formula is C15H20ClNO2. The van der Waals surface area contributed by atoms with Gasteiger partial charge >= 0.3 is 0 Å². The number of fused-ring (bicyclic) bond motifs is 1. The van der Waals surface area contributed by atoms with E-state index in [9.17, 15) is 0 Å². The summed E-state index contributed by atoms with van der Waals surface area (Å²) in [6.45, 7) is 5.57. The molecule has 0 saturated carbocycles. The summed E-state index contributed by atoms with van der Waals surface area (Å²) in [6.07, 6.45) is 2.12. The van der Waals surface area contributed by atoms with E-state index in [2.05, 4.69) is 12.2 Å².